The summed E-state index contributed by atoms with van der Waals surface area (Å²) < 4.78 is 31.8. The average molecular weight is 367 g/mol. The van der Waals surface area contributed by atoms with Gasteiger partial charge in [0.05, 0.1) is 11.7 Å². The van der Waals surface area contributed by atoms with Crippen LogP contribution in [0.1, 0.15) is 25.3 Å². The fraction of sp³-hybridized carbons (Fsp3) is 0.471. The average Bonchev–Trinajstić information content (AvgIpc) is 3.03. The standard InChI is InChI=1S/C17H21NO4S2/c1-2-24(20,21)18-9-7-13(8-10-18)17(19)22-11-14-12-23-16-6-4-3-5-15(14)16/h3-6,12-13H,2,7-11H2,1H3. The number of piperidine rings is 1. The minimum absolute atomic E-state index is 0.105. The van der Waals surface area contributed by atoms with Crippen LogP contribution in [0.4, 0.5) is 0 Å². The Hall–Kier alpha value is -1.44. The molecule has 0 radical (unpaired) electrons. The van der Waals surface area contributed by atoms with Crippen LogP contribution in [0.5, 0.6) is 0 Å². The summed E-state index contributed by atoms with van der Waals surface area (Å²) in [6.45, 7) is 2.71. The number of nitrogens with zero attached hydrogens (tertiary/aromatic N) is 1. The van der Waals surface area contributed by atoms with Crippen LogP contribution in [0.25, 0.3) is 10.1 Å². The highest BCUT2D eigenvalue weighted by Crippen LogP contribution is 2.27. The Morgan fingerprint density at radius 1 is 1.29 bits per heavy atom. The van der Waals surface area contributed by atoms with Gasteiger partial charge in [0.25, 0.3) is 0 Å². The van der Waals surface area contributed by atoms with Gasteiger partial charge >= 0.3 is 5.97 Å². The van der Waals surface area contributed by atoms with Gasteiger partial charge in [0.1, 0.15) is 6.61 Å². The van der Waals surface area contributed by atoms with Crippen LogP contribution in [0.2, 0.25) is 0 Å². The quantitative estimate of drug-likeness (QED) is 0.762. The fourth-order valence-corrected chi connectivity index (χ4v) is 5.04. The van der Waals surface area contributed by atoms with Crippen LogP contribution < -0.4 is 0 Å². The molecule has 1 aliphatic heterocycles. The molecule has 0 spiro atoms. The van der Waals surface area contributed by atoms with E-state index in [0.29, 0.717) is 25.9 Å². The summed E-state index contributed by atoms with van der Waals surface area (Å²) in [5.74, 6) is -0.329. The predicted octanol–water partition coefficient (Wildman–Crippen LogP) is 3.01. The summed E-state index contributed by atoms with van der Waals surface area (Å²) >= 11 is 1.64. The van der Waals surface area contributed by atoms with Crippen molar-refractivity contribution in [1.29, 1.82) is 0 Å². The van der Waals surface area contributed by atoms with Crippen molar-refractivity contribution < 1.29 is 17.9 Å². The number of carbonyl (C=O) groups is 1. The molecular weight excluding hydrogens is 346 g/mol. The molecule has 0 unspecified atom stereocenters. The maximum absolute atomic E-state index is 12.3. The van der Waals surface area contributed by atoms with Gasteiger partial charge in [-0.3, -0.25) is 4.79 Å². The molecule has 5 nitrogen and oxygen atoms in total. The molecule has 0 bridgehead atoms. The maximum atomic E-state index is 12.3. The Bertz CT molecular complexity index is 820. The lowest BCUT2D eigenvalue weighted by Crippen LogP contribution is -2.41. The van der Waals surface area contributed by atoms with Crippen molar-refractivity contribution in [1.82, 2.24) is 4.31 Å². The Labute approximate surface area is 146 Å². The molecule has 0 aliphatic carbocycles. The van der Waals surface area contributed by atoms with Crippen LogP contribution in [0.15, 0.2) is 29.6 Å². The number of rotatable bonds is 5. The van der Waals surface area contributed by atoms with E-state index in [1.807, 2.05) is 23.6 Å². The number of fused-ring (bicyclic) bond motifs is 1. The number of benzene rings is 1. The van der Waals surface area contributed by atoms with E-state index in [1.165, 1.54) is 9.01 Å². The van der Waals surface area contributed by atoms with E-state index in [-0.39, 0.29) is 24.2 Å². The van der Waals surface area contributed by atoms with Crippen molar-refractivity contribution in [2.45, 2.75) is 26.4 Å². The second kappa shape index (κ2) is 7.21. The van der Waals surface area contributed by atoms with Gasteiger partial charge in [-0.2, -0.15) is 0 Å². The van der Waals surface area contributed by atoms with Crippen molar-refractivity contribution in [2.75, 3.05) is 18.8 Å². The topological polar surface area (TPSA) is 63.7 Å². The number of hydrogen-bond acceptors (Lipinski definition) is 5. The van der Waals surface area contributed by atoms with E-state index in [2.05, 4.69) is 6.07 Å². The molecule has 2 aromatic rings. The van der Waals surface area contributed by atoms with Crippen molar-refractivity contribution in [3.8, 4) is 0 Å². The van der Waals surface area contributed by atoms with E-state index in [9.17, 15) is 13.2 Å². The summed E-state index contributed by atoms with van der Waals surface area (Å²) in [5.41, 5.74) is 1.02. The Kier molecular flexibility index (Phi) is 5.22. The van der Waals surface area contributed by atoms with E-state index in [0.717, 1.165) is 10.9 Å². The van der Waals surface area contributed by atoms with E-state index in [1.54, 1.807) is 18.3 Å². The molecule has 2 heterocycles. The van der Waals surface area contributed by atoms with Gasteiger partial charge in [-0.25, -0.2) is 12.7 Å². The third kappa shape index (κ3) is 3.63. The zero-order chi connectivity index (χ0) is 17.2. The molecule has 1 aliphatic rings. The fourth-order valence-electron chi connectivity index (χ4n) is 2.96. The van der Waals surface area contributed by atoms with Crippen molar-refractivity contribution in [2.24, 2.45) is 5.92 Å². The van der Waals surface area contributed by atoms with Crippen LogP contribution in [0.3, 0.4) is 0 Å². The van der Waals surface area contributed by atoms with Gasteiger partial charge in [0.15, 0.2) is 0 Å². The van der Waals surface area contributed by atoms with Crippen LogP contribution >= 0.6 is 11.3 Å². The zero-order valence-electron chi connectivity index (χ0n) is 13.6. The molecule has 1 aromatic carbocycles. The second-order valence-electron chi connectivity index (χ2n) is 5.94. The molecule has 3 rings (SSSR count). The smallest absolute Gasteiger partial charge is 0.309 e. The molecule has 130 valence electrons. The summed E-state index contributed by atoms with van der Waals surface area (Å²) in [4.78, 5) is 12.3. The summed E-state index contributed by atoms with van der Waals surface area (Å²) in [6.07, 6.45) is 1.06. The minimum atomic E-state index is -3.16. The number of esters is 1. The molecule has 1 saturated heterocycles. The SMILES string of the molecule is CCS(=O)(=O)N1CCC(C(=O)OCc2csc3ccccc23)CC1. The molecule has 1 fully saturated rings. The molecule has 0 N–H and O–H groups in total. The summed E-state index contributed by atoms with van der Waals surface area (Å²) in [6, 6.07) is 8.05. The summed E-state index contributed by atoms with van der Waals surface area (Å²) in [5, 5.41) is 3.15. The van der Waals surface area contributed by atoms with Gasteiger partial charge < -0.3 is 4.74 Å². The first-order valence-electron chi connectivity index (χ1n) is 8.11. The van der Waals surface area contributed by atoms with Gasteiger partial charge in [-0.05, 0) is 36.6 Å². The molecule has 7 heteroatoms. The molecule has 0 saturated carbocycles. The van der Waals surface area contributed by atoms with Gasteiger partial charge in [-0.1, -0.05) is 18.2 Å². The highest BCUT2D eigenvalue weighted by Gasteiger charge is 2.31. The number of hydrogen-bond donors (Lipinski definition) is 0. The number of carbonyl (C=O) groups excluding carboxylic acids is 1. The Morgan fingerprint density at radius 2 is 2.00 bits per heavy atom. The molecule has 24 heavy (non-hydrogen) atoms. The zero-order valence-corrected chi connectivity index (χ0v) is 15.2. The van der Waals surface area contributed by atoms with Gasteiger partial charge in [0, 0.05) is 23.4 Å². The van der Waals surface area contributed by atoms with Crippen molar-refractivity contribution in [3.05, 3.63) is 35.2 Å². The van der Waals surface area contributed by atoms with Crippen molar-refractivity contribution >= 4 is 37.4 Å². The predicted molar refractivity (Wildman–Crippen MR) is 95.4 cm³/mol. The number of sulfonamides is 1. The third-order valence-corrected chi connectivity index (χ3v) is 7.37. The Morgan fingerprint density at radius 3 is 2.71 bits per heavy atom. The van der Waals surface area contributed by atoms with Crippen LogP contribution in [-0.4, -0.2) is 37.5 Å². The molecule has 0 amide bonds. The number of thiophene rings is 1. The maximum Gasteiger partial charge on any atom is 0.309 e. The molecule has 1 aromatic heterocycles. The largest absolute Gasteiger partial charge is 0.461 e. The van der Waals surface area contributed by atoms with Crippen molar-refractivity contribution in [3.63, 3.8) is 0 Å². The van der Waals surface area contributed by atoms with Crippen LogP contribution in [-0.2, 0) is 26.2 Å². The molecular formula is C17H21NO4S2. The van der Waals surface area contributed by atoms with E-state index < -0.39 is 10.0 Å². The molecule has 0 atom stereocenters. The monoisotopic (exact) mass is 367 g/mol. The third-order valence-electron chi connectivity index (χ3n) is 4.48. The minimum Gasteiger partial charge on any atom is -0.461 e. The van der Waals surface area contributed by atoms with Gasteiger partial charge in [-0.15, -0.1) is 11.3 Å². The van der Waals surface area contributed by atoms with E-state index >= 15 is 0 Å². The first-order chi connectivity index (χ1) is 11.5. The first-order valence-corrected chi connectivity index (χ1v) is 10.6. The van der Waals surface area contributed by atoms with Gasteiger partial charge in [0.2, 0.25) is 10.0 Å². The lowest BCUT2D eigenvalue weighted by atomic mass is 9.98. The van der Waals surface area contributed by atoms with E-state index in [4.69, 9.17) is 4.74 Å². The lowest BCUT2D eigenvalue weighted by molar-refractivity contribution is -0.151. The lowest BCUT2D eigenvalue weighted by Gasteiger charge is -2.29. The highest BCUT2D eigenvalue weighted by atomic mass is 32.2. The highest BCUT2D eigenvalue weighted by molar-refractivity contribution is 7.89. The first kappa shape index (κ1) is 17.4. The number of ether oxygens (including phenoxy) is 1. The second-order valence-corrected chi connectivity index (χ2v) is 9.11. The summed E-state index contributed by atoms with van der Waals surface area (Å²) in [7, 11) is -3.16. The van der Waals surface area contributed by atoms with Crippen LogP contribution in [0, 0.1) is 5.92 Å². The normalized spacial score (nSPS) is 17.2. The Balaban J connectivity index is 1.55.